The molecule has 6 heteroatoms. The number of hydrogen-bond acceptors (Lipinski definition) is 5. The van der Waals surface area contributed by atoms with Crippen molar-refractivity contribution in [2.45, 2.75) is 39.0 Å². The Hall–Kier alpha value is -2.47. The molecule has 0 fully saturated rings. The summed E-state index contributed by atoms with van der Waals surface area (Å²) in [6, 6.07) is 7.98. The molecule has 0 bridgehead atoms. The number of nitrogens with zero attached hydrogens (tertiary/aromatic N) is 3. The topological polar surface area (TPSA) is 78.4 Å². The number of aromatic nitrogens is 2. The van der Waals surface area contributed by atoms with Crippen molar-refractivity contribution in [2.75, 3.05) is 11.4 Å². The molecule has 1 amide bonds. The highest BCUT2D eigenvalue weighted by molar-refractivity contribution is 5.74. The van der Waals surface area contributed by atoms with Crippen LogP contribution in [-0.4, -0.2) is 27.6 Å². The number of amides is 1. The molecule has 2 rings (SSSR count). The van der Waals surface area contributed by atoms with Crippen LogP contribution in [0.1, 0.15) is 37.7 Å². The Balaban J connectivity index is 1.92. The lowest BCUT2D eigenvalue weighted by Crippen LogP contribution is -2.20. The van der Waals surface area contributed by atoms with Crippen molar-refractivity contribution < 1.29 is 10.0 Å². The maximum absolute atomic E-state index is 11.0. The van der Waals surface area contributed by atoms with Crippen LogP contribution in [0.25, 0.3) is 0 Å². The second kappa shape index (κ2) is 9.62. The molecule has 0 radical (unpaired) electrons. The van der Waals surface area contributed by atoms with Gasteiger partial charge in [0.25, 0.3) is 0 Å². The Morgan fingerprint density at radius 2 is 2.04 bits per heavy atom. The van der Waals surface area contributed by atoms with Crippen molar-refractivity contribution in [3.8, 4) is 0 Å². The van der Waals surface area contributed by atoms with Gasteiger partial charge < -0.3 is 4.90 Å². The highest BCUT2D eigenvalue weighted by atomic mass is 16.5. The molecule has 0 atom stereocenters. The van der Waals surface area contributed by atoms with E-state index in [1.165, 1.54) is 0 Å². The first-order valence-electron chi connectivity index (χ1n) is 8.24. The van der Waals surface area contributed by atoms with Crippen LogP contribution in [0.4, 0.5) is 11.5 Å². The molecule has 2 N–H and O–H groups in total. The summed E-state index contributed by atoms with van der Waals surface area (Å²) in [6.07, 6.45) is 9.59. The Bertz CT molecular complexity index is 634. The predicted octanol–water partition coefficient (Wildman–Crippen LogP) is 3.38. The van der Waals surface area contributed by atoms with Gasteiger partial charge in [0.2, 0.25) is 5.91 Å². The minimum absolute atomic E-state index is 0.323. The summed E-state index contributed by atoms with van der Waals surface area (Å²) >= 11 is 0. The van der Waals surface area contributed by atoms with E-state index in [0.717, 1.165) is 49.3 Å². The molecule has 0 unspecified atom stereocenters. The van der Waals surface area contributed by atoms with Gasteiger partial charge in [-0.15, -0.1) is 0 Å². The molecule has 0 spiro atoms. The van der Waals surface area contributed by atoms with Crippen LogP contribution < -0.4 is 10.4 Å². The minimum Gasteiger partial charge on any atom is -0.325 e. The molecule has 2 aromatic heterocycles. The third kappa shape index (κ3) is 5.62. The lowest BCUT2D eigenvalue weighted by Gasteiger charge is -2.23. The quantitative estimate of drug-likeness (QED) is 0.419. The number of rotatable bonds is 9. The second-order valence-electron chi connectivity index (χ2n) is 5.76. The molecule has 24 heavy (non-hydrogen) atoms. The van der Waals surface area contributed by atoms with Gasteiger partial charge >= 0.3 is 0 Å². The Kier molecular flexibility index (Phi) is 7.17. The van der Waals surface area contributed by atoms with Crippen molar-refractivity contribution in [3.05, 3.63) is 48.4 Å². The molecule has 2 aromatic rings. The van der Waals surface area contributed by atoms with Gasteiger partial charge in [0.05, 0.1) is 11.9 Å². The maximum atomic E-state index is 11.0. The highest BCUT2D eigenvalue weighted by Crippen LogP contribution is 2.24. The van der Waals surface area contributed by atoms with Gasteiger partial charge in [-0.25, -0.2) is 10.5 Å². The van der Waals surface area contributed by atoms with Gasteiger partial charge in [-0.3, -0.25) is 15.0 Å². The van der Waals surface area contributed by atoms with Crippen LogP contribution in [0.2, 0.25) is 0 Å². The molecule has 0 aliphatic rings. The average Bonchev–Trinajstić information content (AvgIpc) is 2.61. The van der Waals surface area contributed by atoms with E-state index in [4.69, 9.17) is 5.21 Å². The van der Waals surface area contributed by atoms with Crippen LogP contribution in [0.5, 0.6) is 0 Å². The van der Waals surface area contributed by atoms with Gasteiger partial charge in [0, 0.05) is 25.4 Å². The number of hydrogen-bond donors (Lipinski definition) is 2. The predicted molar refractivity (Wildman–Crippen MR) is 93.2 cm³/mol. The van der Waals surface area contributed by atoms with Crippen LogP contribution in [0, 0.1) is 6.92 Å². The molecule has 6 nitrogen and oxygen atoms in total. The molecule has 0 aliphatic carbocycles. The number of carbonyl (C=O) groups excluding carboxylic acids is 1. The number of nitrogens with one attached hydrogen (secondary N) is 1. The lowest BCUT2D eigenvalue weighted by molar-refractivity contribution is -0.129. The summed E-state index contributed by atoms with van der Waals surface area (Å²) in [6.45, 7) is 2.87. The van der Waals surface area contributed by atoms with Gasteiger partial charge in [0.1, 0.15) is 5.82 Å². The fraction of sp³-hybridized carbons (Fsp3) is 0.389. The summed E-state index contributed by atoms with van der Waals surface area (Å²) in [7, 11) is 0. The molecule has 0 saturated heterocycles. The summed E-state index contributed by atoms with van der Waals surface area (Å²) in [5, 5.41) is 8.47. The average molecular weight is 328 g/mol. The number of hydroxylamine groups is 1. The third-order valence-electron chi connectivity index (χ3n) is 3.76. The van der Waals surface area contributed by atoms with E-state index in [1.54, 1.807) is 11.7 Å². The van der Waals surface area contributed by atoms with E-state index in [9.17, 15) is 4.79 Å². The zero-order valence-corrected chi connectivity index (χ0v) is 14.0. The Morgan fingerprint density at radius 1 is 1.21 bits per heavy atom. The lowest BCUT2D eigenvalue weighted by atomic mass is 10.1. The van der Waals surface area contributed by atoms with E-state index in [1.807, 2.05) is 37.5 Å². The highest BCUT2D eigenvalue weighted by Gasteiger charge is 2.10. The first-order chi connectivity index (χ1) is 11.7. The van der Waals surface area contributed by atoms with Crippen LogP contribution in [-0.2, 0) is 4.79 Å². The van der Waals surface area contributed by atoms with E-state index in [2.05, 4.69) is 20.9 Å². The Morgan fingerprint density at radius 3 is 2.75 bits per heavy atom. The standard InChI is InChI=1S/C18H24N4O2/c1-15-12-16(14-19-13-15)22(17-8-5-6-10-20-17)11-7-3-2-4-9-18(23)21-24/h5-6,8,10,12-14,24H,2-4,7,9,11H2,1H3,(H,21,23). The molecule has 0 aliphatic heterocycles. The van der Waals surface area contributed by atoms with E-state index >= 15 is 0 Å². The van der Waals surface area contributed by atoms with Crippen LogP contribution >= 0.6 is 0 Å². The molecule has 0 aromatic carbocycles. The fourth-order valence-electron chi connectivity index (χ4n) is 2.54. The third-order valence-corrected chi connectivity index (χ3v) is 3.76. The molecule has 0 saturated carbocycles. The first-order valence-corrected chi connectivity index (χ1v) is 8.24. The van der Waals surface area contributed by atoms with E-state index in [0.29, 0.717) is 6.42 Å². The van der Waals surface area contributed by atoms with Crippen molar-refractivity contribution >= 4 is 17.4 Å². The number of unbranched alkanes of at least 4 members (excludes halogenated alkanes) is 3. The van der Waals surface area contributed by atoms with Gasteiger partial charge in [-0.05, 0) is 43.5 Å². The monoisotopic (exact) mass is 328 g/mol. The smallest absolute Gasteiger partial charge is 0.243 e. The first kappa shape index (κ1) is 17.9. The summed E-state index contributed by atoms with van der Waals surface area (Å²) in [5.41, 5.74) is 3.81. The van der Waals surface area contributed by atoms with Crippen molar-refractivity contribution in [1.29, 1.82) is 0 Å². The SMILES string of the molecule is Cc1cncc(N(CCCCCCC(=O)NO)c2ccccn2)c1. The van der Waals surface area contributed by atoms with E-state index in [-0.39, 0.29) is 5.91 Å². The summed E-state index contributed by atoms with van der Waals surface area (Å²) in [4.78, 5) is 21.9. The van der Waals surface area contributed by atoms with Gasteiger partial charge in [0.15, 0.2) is 0 Å². The normalized spacial score (nSPS) is 10.4. The summed E-state index contributed by atoms with van der Waals surface area (Å²) < 4.78 is 0. The number of aryl methyl sites for hydroxylation is 1. The Labute approximate surface area is 142 Å². The number of pyridine rings is 2. The molecular formula is C18H24N4O2. The zero-order valence-electron chi connectivity index (χ0n) is 14.0. The van der Waals surface area contributed by atoms with Gasteiger partial charge in [-0.2, -0.15) is 0 Å². The van der Waals surface area contributed by atoms with Crippen molar-refractivity contribution in [1.82, 2.24) is 15.4 Å². The second-order valence-corrected chi connectivity index (χ2v) is 5.76. The van der Waals surface area contributed by atoms with Crippen molar-refractivity contribution in [2.24, 2.45) is 0 Å². The molecular weight excluding hydrogens is 304 g/mol. The largest absolute Gasteiger partial charge is 0.325 e. The van der Waals surface area contributed by atoms with Crippen molar-refractivity contribution in [3.63, 3.8) is 0 Å². The maximum Gasteiger partial charge on any atom is 0.243 e. The van der Waals surface area contributed by atoms with Crippen LogP contribution in [0.15, 0.2) is 42.9 Å². The van der Waals surface area contributed by atoms with Crippen LogP contribution in [0.3, 0.4) is 0 Å². The summed E-state index contributed by atoms with van der Waals surface area (Å²) in [5.74, 6) is 0.584. The minimum atomic E-state index is -0.323. The molecule has 2 heterocycles. The van der Waals surface area contributed by atoms with E-state index < -0.39 is 0 Å². The van der Waals surface area contributed by atoms with Gasteiger partial charge in [-0.1, -0.05) is 18.9 Å². The fourth-order valence-corrected chi connectivity index (χ4v) is 2.54. The number of anilines is 2. The molecule has 128 valence electrons. The number of carbonyl (C=O) groups is 1. The zero-order chi connectivity index (χ0) is 17.2.